The van der Waals surface area contributed by atoms with Crippen LogP contribution in [0.15, 0.2) is 12.5 Å². The maximum Gasteiger partial charge on any atom is 0.240 e. The minimum Gasteiger partial charge on any atom is -0.352 e. The third-order valence-electron chi connectivity index (χ3n) is 2.77. The van der Waals surface area contributed by atoms with Gasteiger partial charge in [-0.3, -0.25) is 4.79 Å². The molecule has 0 radical (unpaired) electrons. The molecule has 0 saturated carbocycles. The highest BCUT2D eigenvalue weighted by molar-refractivity contribution is 5.75. The standard InChI is InChI=1S/C13H24N4O/c1-4-6-14-7-12-8-17(10-15-12)9-13(18)16-11(3)5-2/h8,10-11,14H,4-7,9H2,1-3H3,(H,16,18). The molecule has 5 nitrogen and oxygen atoms in total. The second-order valence-electron chi connectivity index (χ2n) is 4.59. The number of carbonyl (C=O) groups is 1. The van der Waals surface area contributed by atoms with Gasteiger partial charge < -0.3 is 15.2 Å². The predicted octanol–water partition coefficient (Wildman–Crippen LogP) is 1.30. The lowest BCUT2D eigenvalue weighted by Crippen LogP contribution is -2.34. The second-order valence-corrected chi connectivity index (χ2v) is 4.59. The first-order valence-corrected chi connectivity index (χ1v) is 6.66. The highest BCUT2D eigenvalue weighted by atomic mass is 16.2. The lowest BCUT2D eigenvalue weighted by atomic mass is 10.2. The Morgan fingerprint density at radius 2 is 2.28 bits per heavy atom. The first-order chi connectivity index (χ1) is 8.65. The molecule has 1 amide bonds. The number of nitrogens with one attached hydrogen (secondary N) is 2. The van der Waals surface area contributed by atoms with Gasteiger partial charge in [-0.15, -0.1) is 0 Å². The minimum atomic E-state index is 0.0369. The predicted molar refractivity (Wildman–Crippen MR) is 72.1 cm³/mol. The molecule has 0 aliphatic rings. The van der Waals surface area contributed by atoms with Crippen LogP contribution in [0.1, 0.15) is 39.3 Å². The van der Waals surface area contributed by atoms with Crippen molar-refractivity contribution in [2.75, 3.05) is 6.54 Å². The van der Waals surface area contributed by atoms with Crippen molar-refractivity contribution < 1.29 is 4.79 Å². The van der Waals surface area contributed by atoms with E-state index in [1.54, 1.807) is 6.33 Å². The van der Waals surface area contributed by atoms with E-state index in [4.69, 9.17) is 0 Å². The summed E-state index contributed by atoms with van der Waals surface area (Å²) in [6, 6.07) is 0.228. The summed E-state index contributed by atoms with van der Waals surface area (Å²) in [4.78, 5) is 15.9. The first kappa shape index (κ1) is 14.7. The van der Waals surface area contributed by atoms with Gasteiger partial charge in [-0.2, -0.15) is 0 Å². The maximum absolute atomic E-state index is 11.7. The zero-order valence-electron chi connectivity index (χ0n) is 11.6. The van der Waals surface area contributed by atoms with Crippen molar-refractivity contribution in [3.63, 3.8) is 0 Å². The van der Waals surface area contributed by atoms with E-state index in [9.17, 15) is 4.79 Å². The molecular weight excluding hydrogens is 228 g/mol. The van der Waals surface area contributed by atoms with Crippen molar-refractivity contribution in [1.29, 1.82) is 0 Å². The molecule has 18 heavy (non-hydrogen) atoms. The Balaban J connectivity index is 2.36. The molecule has 1 aromatic heterocycles. The molecule has 2 N–H and O–H groups in total. The van der Waals surface area contributed by atoms with Crippen molar-refractivity contribution in [2.24, 2.45) is 0 Å². The van der Waals surface area contributed by atoms with Crippen molar-refractivity contribution in [2.45, 2.75) is 52.7 Å². The molecule has 0 saturated heterocycles. The molecule has 1 unspecified atom stereocenters. The number of aromatic nitrogens is 2. The number of hydrogen-bond acceptors (Lipinski definition) is 3. The Morgan fingerprint density at radius 1 is 1.50 bits per heavy atom. The lowest BCUT2D eigenvalue weighted by Gasteiger charge is -2.11. The van der Waals surface area contributed by atoms with Crippen LogP contribution in [0.25, 0.3) is 0 Å². The van der Waals surface area contributed by atoms with Crippen LogP contribution < -0.4 is 10.6 Å². The van der Waals surface area contributed by atoms with Gasteiger partial charge in [0.2, 0.25) is 5.91 Å². The summed E-state index contributed by atoms with van der Waals surface area (Å²) in [7, 11) is 0. The van der Waals surface area contributed by atoms with Crippen molar-refractivity contribution in [3.05, 3.63) is 18.2 Å². The van der Waals surface area contributed by atoms with Gasteiger partial charge in [-0.05, 0) is 26.3 Å². The number of rotatable bonds is 8. The van der Waals surface area contributed by atoms with Gasteiger partial charge in [0.1, 0.15) is 6.54 Å². The molecule has 0 fully saturated rings. The molecule has 5 heteroatoms. The van der Waals surface area contributed by atoms with Gasteiger partial charge in [-0.1, -0.05) is 13.8 Å². The van der Waals surface area contributed by atoms with Gasteiger partial charge in [0.25, 0.3) is 0 Å². The number of amides is 1. The van der Waals surface area contributed by atoms with E-state index >= 15 is 0 Å². The van der Waals surface area contributed by atoms with Crippen LogP contribution in [-0.2, 0) is 17.9 Å². The third kappa shape index (κ3) is 5.31. The summed E-state index contributed by atoms with van der Waals surface area (Å²) < 4.78 is 1.82. The van der Waals surface area contributed by atoms with Crippen LogP contribution in [-0.4, -0.2) is 28.0 Å². The molecule has 0 aliphatic heterocycles. The van der Waals surface area contributed by atoms with Crippen LogP contribution in [0.4, 0.5) is 0 Å². The zero-order chi connectivity index (χ0) is 13.4. The molecule has 0 spiro atoms. The summed E-state index contributed by atoms with van der Waals surface area (Å²) in [5.74, 6) is 0.0369. The Hall–Kier alpha value is -1.36. The maximum atomic E-state index is 11.7. The Labute approximate surface area is 109 Å². The SMILES string of the molecule is CCCNCc1cn(CC(=O)NC(C)CC)cn1. The summed E-state index contributed by atoms with van der Waals surface area (Å²) in [5.41, 5.74) is 0.972. The average molecular weight is 252 g/mol. The van der Waals surface area contributed by atoms with Crippen LogP contribution in [0, 0.1) is 0 Å². The molecule has 0 aromatic carbocycles. The summed E-state index contributed by atoms with van der Waals surface area (Å²) >= 11 is 0. The van der Waals surface area contributed by atoms with E-state index in [1.165, 1.54) is 0 Å². The minimum absolute atomic E-state index is 0.0369. The summed E-state index contributed by atoms with van der Waals surface area (Å²) in [6.45, 7) is 8.27. The largest absolute Gasteiger partial charge is 0.352 e. The van der Waals surface area contributed by atoms with Crippen LogP contribution >= 0.6 is 0 Å². The van der Waals surface area contributed by atoms with Crippen LogP contribution in [0.3, 0.4) is 0 Å². The smallest absolute Gasteiger partial charge is 0.240 e. The molecule has 0 aliphatic carbocycles. The number of nitrogens with zero attached hydrogens (tertiary/aromatic N) is 2. The van der Waals surface area contributed by atoms with Gasteiger partial charge in [0.05, 0.1) is 12.0 Å². The van der Waals surface area contributed by atoms with Crippen molar-refractivity contribution in [1.82, 2.24) is 20.2 Å². The highest BCUT2D eigenvalue weighted by Crippen LogP contribution is 1.97. The topological polar surface area (TPSA) is 59.0 Å². The molecule has 1 aromatic rings. The quantitative estimate of drug-likeness (QED) is 0.686. The summed E-state index contributed by atoms with van der Waals surface area (Å²) in [6.07, 6.45) is 5.68. The molecule has 1 rings (SSSR count). The molecular formula is C13H24N4O. The number of hydrogen-bond donors (Lipinski definition) is 2. The normalized spacial score (nSPS) is 12.4. The van der Waals surface area contributed by atoms with Crippen molar-refractivity contribution >= 4 is 5.91 Å². The van der Waals surface area contributed by atoms with Gasteiger partial charge in [0.15, 0.2) is 0 Å². The monoisotopic (exact) mass is 252 g/mol. The third-order valence-corrected chi connectivity index (χ3v) is 2.77. The Bertz CT molecular complexity index is 362. The van der Waals surface area contributed by atoms with Crippen molar-refractivity contribution in [3.8, 4) is 0 Å². The van der Waals surface area contributed by atoms with E-state index in [-0.39, 0.29) is 11.9 Å². The number of imidazole rings is 1. The van der Waals surface area contributed by atoms with E-state index in [1.807, 2.05) is 17.7 Å². The fraction of sp³-hybridized carbons (Fsp3) is 0.692. The van der Waals surface area contributed by atoms with Crippen LogP contribution in [0.5, 0.6) is 0 Å². The second kappa shape index (κ2) is 7.87. The zero-order valence-corrected chi connectivity index (χ0v) is 11.6. The first-order valence-electron chi connectivity index (χ1n) is 6.66. The highest BCUT2D eigenvalue weighted by Gasteiger charge is 2.06. The number of carbonyl (C=O) groups excluding carboxylic acids is 1. The Kier molecular flexibility index (Phi) is 6.43. The van der Waals surface area contributed by atoms with E-state index in [0.29, 0.717) is 6.54 Å². The fourth-order valence-corrected chi connectivity index (χ4v) is 1.57. The summed E-state index contributed by atoms with van der Waals surface area (Å²) in [5, 5.41) is 6.22. The van der Waals surface area contributed by atoms with E-state index in [0.717, 1.165) is 31.6 Å². The van der Waals surface area contributed by atoms with Crippen LogP contribution in [0.2, 0.25) is 0 Å². The Morgan fingerprint density at radius 3 is 2.94 bits per heavy atom. The van der Waals surface area contributed by atoms with Gasteiger partial charge in [-0.25, -0.2) is 4.98 Å². The van der Waals surface area contributed by atoms with Gasteiger partial charge >= 0.3 is 0 Å². The van der Waals surface area contributed by atoms with E-state index < -0.39 is 0 Å². The molecule has 102 valence electrons. The van der Waals surface area contributed by atoms with Gasteiger partial charge in [0, 0.05) is 18.8 Å². The molecule has 1 heterocycles. The van der Waals surface area contributed by atoms with E-state index in [2.05, 4.69) is 29.5 Å². The fourth-order valence-electron chi connectivity index (χ4n) is 1.57. The molecule has 0 bridgehead atoms. The molecule has 1 atom stereocenters. The lowest BCUT2D eigenvalue weighted by molar-refractivity contribution is -0.122. The average Bonchev–Trinajstić information content (AvgIpc) is 2.76.